The van der Waals surface area contributed by atoms with Crippen LogP contribution >= 0.6 is 0 Å². The molecule has 150 valence electrons. The number of ether oxygens (including phenoxy) is 1. The summed E-state index contributed by atoms with van der Waals surface area (Å²) >= 11 is 0. The molecular weight excluding hydrogens is 364 g/mol. The van der Waals surface area contributed by atoms with Gasteiger partial charge < -0.3 is 15.4 Å². The fourth-order valence-electron chi connectivity index (χ4n) is 3.65. The number of hydrogen-bond acceptors (Lipinski definition) is 4. The molecule has 0 saturated carbocycles. The molecule has 2 N–H and O–H groups in total. The van der Waals surface area contributed by atoms with Crippen molar-refractivity contribution in [3.05, 3.63) is 66.4 Å². The van der Waals surface area contributed by atoms with Gasteiger partial charge in [0.05, 0.1) is 18.5 Å². The highest BCUT2D eigenvalue weighted by Crippen LogP contribution is 2.26. The maximum Gasteiger partial charge on any atom is 0.271 e. The van der Waals surface area contributed by atoms with Gasteiger partial charge in [-0.1, -0.05) is 18.2 Å². The lowest BCUT2D eigenvalue weighted by Crippen LogP contribution is -2.38. The van der Waals surface area contributed by atoms with Crippen molar-refractivity contribution >= 4 is 5.91 Å². The minimum atomic E-state index is -0.139. The molecule has 1 atom stereocenters. The van der Waals surface area contributed by atoms with Gasteiger partial charge in [-0.2, -0.15) is 5.10 Å². The number of rotatable bonds is 6. The third-order valence-electron chi connectivity index (χ3n) is 5.28. The van der Waals surface area contributed by atoms with E-state index in [1.807, 2.05) is 65.3 Å². The molecule has 1 unspecified atom stereocenters. The third kappa shape index (κ3) is 4.49. The summed E-state index contributed by atoms with van der Waals surface area (Å²) in [6.07, 6.45) is 2.30. The molecule has 0 bridgehead atoms. The van der Waals surface area contributed by atoms with Gasteiger partial charge >= 0.3 is 0 Å². The average molecular weight is 390 g/mol. The van der Waals surface area contributed by atoms with Crippen LogP contribution in [0, 0.1) is 5.92 Å². The molecule has 2 heterocycles. The number of aromatic nitrogens is 2. The first-order chi connectivity index (χ1) is 14.2. The lowest BCUT2D eigenvalue weighted by Gasteiger charge is -2.22. The summed E-state index contributed by atoms with van der Waals surface area (Å²) in [5.41, 5.74) is 3.17. The highest BCUT2D eigenvalue weighted by molar-refractivity contribution is 5.93. The molecule has 1 saturated heterocycles. The monoisotopic (exact) mass is 390 g/mol. The molecule has 1 amide bonds. The van der Waals surface area contributed by atoms with Gasteiger partial charge in [0.1, 0.15) is 5.75 Å². The minimum Gasteiger partial charge on any atom is -0.497 e. The van der Waals surface area contributed by atoms with Crippen molar-refractivity contribution in [1.29, 1.82) is 0 Å². The Morgan fingerprint density at radius 3 is 2.69 bits per heavy atom. The fraction of sp³-hybridized carbons (Fsp3) is 0.304. The normalized spacial score (nSPS) is 16.4. The number of methoxy groups -OCH3 is 1. The number of para-hydroxylation sites is 1. The Labute approximate surface area is 170 Å². The largest absolute Gasteiger partial charge is 0.497 e. The zero-order valence-electron chi connectivity index (χ0n) is 16.6. The summed E-state index contributed by atoms with van der Waals surface area (Å²) in [6, 6.07) is 19.5. The van der Waals surface area contributed by atoms with E-state index >= 15 is 0 Å². The van der Waals surface area contributed by atoms with Gasteiger partial charge in [0, 0.05) is 12.1 Å². The number of nitrogens with zero attached hydrogens (tertiary/aromatic N) is 2. The number of benzene rings is 2. The van der Waals surface area contributed by atoms with E-state index in [4.69, 9.17) is 4.74 Å². The van der Waals surface area contributed by atoms with Crippen molar-refractivity contribution in [2.24, 2.45) is 5.92 Å². The summed E-state index contributed by atoms with van der Waals surface area (Å²) < 4.78 is 7.08. The van der Waals surface area contributed by atoms with Crippen LogP contribution in [-0.4, -0.2) is 42.4 Å². The molecule has 3 aromatic rings. The van der Waals surface area contributed by atoms with Crippen molar-refractivity contribution in [1.82, 2.24) is 20.4 Å². The summed E-state index contributed by atoms with van der Waals surface area (Å²) in [5, 5.41) is 11.1. The van der Waals surface area contributed by atoms with E-state index in [0.29, 0.717) is 18.2 Å². The van der Waals surface area contributed by atoms with Crippen molar-refractivity contribution in [2.45, 2.75) is 12.8 Å². The first kappa shape index (κ1) is 19.2. The Morgan fingerprint density at radius 1 is 1.21 bits per heavy atom. The average Bonchev–Trinajstić information content (AvgIpc) is 3.24. The molecule has 4 rings (SSSR count). The van der Waals surface area contributed by atoms with E-state index in [-0.39, 0.29) is 5.91 Å². The van der Waals surface area contributed by atoms with Gasteiger partial charge in [0.25, 0.3) is 5.91 Å². The third-order valence-corrected chi connectivity index (χ3v) is 5.28. The van der Waals surface area contributed by atoms with Gasteiger partial charge in [-0.3, -0.25) is 4.79 Å². The number of amides is 1. The first-order valence-corrected chi connectivity index (χ1v) is 10.0. The van der Waals surface area contributed by atoms with E-state index in [2.05, 4.69) is 15.7 Å². The van der Waals surface area contributed by atoms with Gasteiger partial charge in [0.2, 0.25) is 0 Å². The van der Waals surface area contributed by atoms with Crippen molar-refractivity contribution in [2.75, 3.05) is 26.7 Å². The Kier molecular flexibility index (Phi) is 5.91. The van der Waals surface area contributed by atoms with E-state index in [0.717, 1.165) is 48.6 Å². The number of piperidine rings is 1. The summed E-state index contributed by atoms with van der Waals surface area (Å²) in [7, 11) is 1.65. The summed E-state index contributed by atoms with van der Waals surface area (Å²) in [6.45, 7) is 2.69. The van der Waals surface area contributed by atoms with Crippen molar-refractivity contribution in [3.8, 4) is 22.7 Å². The second-order valence-electron chi connectivity index (χ2n) is 7.31. The molecule has 1 aromatic heterocycles. The van der Waals surface area contributed by atoms with Crippen LogP contribution in [0.15, 0.2) is 60.7 Å². The Hall–Kier alpha value is -3.12. The Balaban J connectivity index is 1.61. The van der Waals surface area contributed by atoms with Crippen LogP contribution in [0.4, 0.5) is 0 Å². The molecular formula is C23H26N4O2. The van der Waals surface area contributed by atoms with Gasteiger partial charge in [-0.15, -0.1) is 0 Å². The van der Waals surface area contributed by atoms with Crippen LogP contribution in [0.1, 0.15) is 23.3 Å². The Bertz CT molecular complexity index is 945. The highest BCUT2D eigenvalue weighted by Gasteiger charge is 2.19. The van der Waals surface area contributed by atoms with Crippen LogP contribution < -0.4 is 15.4 Å². The van der Waals surface area contributed by atoms with Crippen LogP contribution in [0.25, 0.3) is 16.9 Å². The molecule has 0 spiro atoms. The van der Waals surface area contributed by atoms with Crippen LogP contribution in [0.3, 0.4) is 0 Å². The van der Waals surface area contributed by atoms with E-state index in [9.17, 15) is 4.79 Å². The second-order valence-corrected chi connectivity index (χ2v) is 7.31. The second kappa shape index (κ2) is 8.92. The molecule has 1 fully saturated rings. The molecule has 0 aliphatic carbocycles. The van der Waals surface area contributed by atoms with Crippen molar-refractivity contribution < 1.29 is 9.53 Å². The van der Waals surface area contributed by atoms with Gasteiger partial charge in [-0.25, -0.2) is 4.68 Å². The molecule has 1 aliphatic heterocycles. The van der Waals surface area contributed by atoms with Crippen LogP contribution in [0.2, 0.25) is 0 Å². The molecule has 6 nitrogen and oxygen atoms in total. The Morgan fingerprint density at radius 2 is 2.00 bits per heavy atom. The molecule has 29 heavy (non-hydrogen) atoms. The zero-order chi connectivity index (χ0) is 20.1. The molecule has 2 aromatic carbocycles. The zero-order valence-corrected chi connectivity index (χ0v) is 16.6. The SMILES string of the molecule is COc1ccc(-c2cc(C(=O)NCC3CCCNC3)nn2-c2ccccc2)cc1. The standard InChI is InChI=1S/C23H26N4O2/c1-29-20-11-9-18(10-12-20)22-14-21(26-27(22)19-7-3-2-4-8-19)23(28)25-16-17-6-5-13-24-15-17/h2-4,7-12,14,17,24H,5-6,13,15-16H2,1H3,(H,25,28). The van der Waals surface area contributed by atoms with E-state index in [1.54, 1.807) is 7.11 Å². The maximum absolute atomic E-state index is 12.8. The number of nitrogens with one attached hydrogen (secondary N) is 2. The maximum atomic E-state index is 12.8. The molecule has 0 radical (unpaired) electrons. The molecule has 1 aliphatic rings. The minimum absolute atomic E-state index is 0.139. The topological polar surface area (TPSA) is 68.2 Å². The number of carbonyl (C=O) groups is 1. The lowest BCUT2D eigenvalue weighted by atomic mass is 10.00. The fourth-order valence-corrected chi connectivity index (χ4v) is 3.65. The summed E-state index contributed by atoms with van der Waals surface area (Å²) in [5.74, 6) is 1.13. The lowest BCUT2D eigenvalue weighted by molar-refractivity contribution is 0.0939. The predicted octanol–water partition coefficient (Wildman–Crippen LogP) is 3.28. The van der Waals surface area contributed by atoms with E-state index in [1.165, 1.54) is 0 Å². The smallest absolute Gasteiger partial charge is 0.271 e. The van der Waals surface area contributed by atoms with Crippen LogP contribution in [-0.2, 0) is 0 Å². The predicted molar refractivity (Wildman–Crippen MR) is 113 cm³/mol. The van der Waals surface area contributed by atoms with Gasteiger partial charge in [-0.05, 0) is 74.3 Å². The van der Waals surface area contributed by atoms with Crippen LogP contribution in [0.5, 0.6) is 5.75 Å². The van der Waals surface area contributed by atoms with E-state index < -0.39 is 0 Å². The number of carbonyl (C=O) groups excluding carboxylic acids is 1. The number of hydrogen-bond donors (Lipinski definition) is 2. The summed E-state index contributed by atoms with van der Waals surface area (Å²) in [4.78, 5) is 12.8. The molecule has 6 heteroatoms. The quantitative estimate of drug-likeness (QED) is 0.678. The first-order valence-electron chi connectivity index (χ1n) is 10.0. The van der Waals surface area contributed by atoms with Gasteiger partial charge in [0.15, 0.2) is 5.69 Å². The highest BCUT2D eigenvalue weighted by atomic mass is 16.5. The van der Waals surface area contributed by atoms with Crippen molar-refractivity contribution in [3.63, 3.8) is 0 Å².